The van der Waals surface area contributed by atoms with E-state index in [2.05, 4.69) is 34.6 Å². The van der Waals surface area contributed by atoms with Crippen molar-refractivity contribution in [2.24, 2.45) is 11.8 Å². The molecule has 0 aliphatic heterocycles. The summed E-state index contributed by atoms with van der Waals surface area (Å²) in [6.07, 6.45) is 49.4. The lowest BCUT2D eigenvalue weighted by Crippen LogP contribution is -2.30. The fraction of sp³-hybridized carbons (Fsp3) is 0.945. The molecule has 0 aliphatic rings. The average Bonchev–Trinajstić information content (AvgIpc) is 3.24. The molecule has 0 N–H and O–H groups in total. The van der Waals surface area contributed by atoms with Crippen molar-refractivity contribution in [1.29, 1.82) is 0 Å². The van der Waals surface area contributed by atoms with Crippen molar-refractivity contribution >= 4 is 17.9 Å². The molecular formula is C55H106O6. The van der Waals surface area contributed by atoms with E-state index in [4.69, 9.17) is 14.2 Å². The third kappa shape index (κ3) is 47.7. The summed E-state index contributed by atoms with van der Waals surface area (Å²) in [4.78, 5) is 38.0. The summed E-state index contributed by atoms with van der Waals surface area (Å²) in [6, 6.07) is 0. The molecule has 0 aromatic carbocycles. The molecule has 6 heteroatoms. The van der Waals surface area contributed by atoms with Crippen LogP contribution in [-0.2, 0) is 28.6 Å². The van der Waals surface area contributed by atoms with Crippen molar-refractivity contribution in [1.82, 2.24) is 0 Å². The van der Waals surface area contributed by atoms with Crippen molar-refractivity contribution < 1.29 is 28.6 Å². The zero-order chi connectivity index (χ0) is 44.7. The molecule has 0 spiro atoms. The second kappa shape index (κ2) is 47.9. The lowest BCUT2D eigenvalue weighted by molar-refractivity contribution is -0.167. The van der Waals surface area contributed by atoms with Crippen molar-refractivity contribution in [2.75, 3.05) is 13.2 Å². The van der Waals surface area contributed by atoms with E-state index >= 15 is 0 Å². The summed E-state index contributed by atoms with van der Waals surface area (Å²) in [6.45, 7) is 11.4. The van der Waals surface area contributed by atoms with Gasteiger partial charge in [-0.2, -0.15) is 0 Å². The highest BCUT2D eigenvalue weighted by Crippen LogP contribution is 2.18. The number of esters is 3. The van der Waals surface area contributed by atoms with E-state index in [0.29, 0.717) is 19.3 Å². The third-order valence-electron chi connectivity index (χ3n) is 12.8. The largest absolute Gasteiger partial charge is 0.462 e. The number of ether oxygens (including phenoxy) is 3. The Hall–Kier alpha value is -1.59. The monoisotopic (exact) mass is 863 g/mol. The summed E-state index contributed by atoms with van der Waals surface area (Å²) in [5, 5.41) is 0. The molecule has 0 fully saturated rings. The van der Waals surface area contributed by atoms with Gasteiger partial charge in [0.25, 0.3) is 0 Å². The first kappa shape index (κ1) is 59.4. The molecule has 0 bridgehead atoms. The maximum absolute atomic E-state index is 12.8. The fourth-order valence-electron chi connectivity index (χ4n) is 8.31. The standard InChI is InChI=1S/C55H106O6/c1-6-8-9-10-11-12-13-14-18-21-24-30-35-40-45-53(56)59-48-52(49-60-54(57)46-41-36-31-27-26-28-33-38-43-50(3)4)61-55(58)47-42-37-32-25-22-19-16-15-17-20-23-29-34-39-44-51(5)7-2/h50-52H,6-49H2,1-5H3/t51?,52-/m0/s1. The highest BCUT2D eigenvalue weighted by Gasteiger charge is 2.19. The molecule has 6 nitrogen and oxygen atoms in total. The topological polar surface area (TPSA) is 78.9 Å². The summed E-state index contributed by atoms with van der Waals surface area (Å²) in [7, 11) is 0. The van der Waals surface area contributed by atoms with Crippen molar-refractivity contribution in [2.45, 2.75) is 310 Å². The minimum Gasteiger partial charge on any atom is -0.462 e. The first-order valence-corrected chi connectivity index (χ1v) is 27.3. The normalized spacial score (nSPS) is 12.5. The molecule has 0 amide bonds. The Bertz CT molecular complexity index is 933. The van der Waals surface area contributed by atoms with Crippen molar-refractivity contribution in [3.63, 3.8) is 0 Å². The zero-order valence-electron chi connectivity index (χ0n) is 41.8. The van der Waals surface area contributed by atoms with Crippen LogP contribution in [0.25, 0.3) is 0 Å². The van der Waals surface area contributed by atoms with Crippen LogP contribution < -0.4 is 0 Å². The lowest BCUT2D eigenvalue weighted by Gasteiger charge is -2.18. The molecule has 61 heavy (non-hydrogen) atoms. The minimum atomic E-state index is -0.762. The Morgan fingerprint density at radius 3 is 0.934 bits per heavy atom. The quantitative estimate of drug-likeness (QED) is 0.0344. The van der Waals surface area contributed by atoms with E-state index in [-0.39, 0.29) is 31.1 Å². The van der Waals surface area contributed by atoms with Crippen LogP contribution in [0.4, 0.5) is 0 Å². The van der Waals surface area contributed by atoms with E-state index in [1.165, 1.54) is 193 Å². The van der Waals surface area contributed by atoms with Gasteiger partial charge in [0.1, 0.15) is 13.2 Å². The first-order chi connectivity index (χ1) is 29.8. The molecule has 0 aromatic rings. The Balaban J connectivity index is 4.29. The van der Waals surface area contributed by atoms with E-state index in [1.807, 2.05) is 0 Å². The predicted octanol–water partition coefficient (Wildman–Crippen LogP) is 17.7. The molecule has 0 saturated heterocycles. The number of hydrogen-bond donors (Lipinski definition) is 0. The van der Waals surface area contributed by atoms with Gasteiger partial charge in [-0.05, 0) is 31.1 Å². The van der Waals surface area contributed by atoms with Gasteiger partial charge >= 0.3 is 17.9 Å². The maximum Gasteiger partial charge on any atom is 0.306 e. The van der Waals surface area contributed by atoms with Gasteiger partial charge in [0.2, 0.25) is 0 Å². The minimum absolute atomic E-state index is 0.0635. The number of hydrogen-bond acceptors (Lipinski definition) is 6. The van der Waals surface area contributed by atoms with Gasteiger partial charge in [0, 0.05) is 19.3 Å². The molecular weight excluding hydrogens is 757 g/mol. The lowest BCUT2D eigenvalue weighted by atomic mass is 9.99. The van der Waals surface area contributed by atoms with Gasteiger partial charge in [-0.15, -0.1) is 0 Å². The van der Waals surface area contributed by atoms with Gasteiger partial charge in [0.05, 0.1) is 0 Å². The van der Waals surface area contributed by atoms with Gasteiger partial charge in [-0.1, -0.05) is 266 Å². The number of unbranched alkanes of at least 4 members (excludes halogenated alkanes) is 33. The maximum atomic E-state index is 12.8. The van der Waals surface area contributed by atoms with Crippen molar-refractivity contribution in [3.05, 3.63) is 0 Å². The molecule has 0 aliphatic carbocycles. The Morgan fingerprint density at radius 1 is 0.344 bits per heavy atom. The van der Waals surface area contributed by atoms with Crippen LogP contribution in [0.5, 0.6) is 0 Å². The molecule has 0 aromatic heterocycles. The Morgan fingerprint density at radius 2 is 0.623 bits per heavy atom. The van der Waals surface area contributed by atoms with Crippen molar-refractivity contribution in [3.8, 4) is 0 Å². The second-order valence-electron chi connectivity index (χ2n) is 19.6. The van der Waals surface area contributed by atoms with E-state index in [1.54, 1.807) is 0 Å². The summed E-state index contributed by atoms with van der Waals surface area (Å²) in [5.74, 6) is 0.845. The zero-order valence-corrected chi connectivity index (χ0v) is 41.8. The molecule has 0 saturated carbocycles. The average molecular weight is 863 g/mol. The smallest absolute Gasteiger partial charge is 0.306 e. The van der Waals surface area contributed by atoms with Crippen LogP contribution in [0.3, 0.4) is 0 Å². The Kier molecular flexibility index (Phi) is 46.6. The molecule has 0 heterocycles. The van der Waals surface area contributed by atoms with Gasteiger partial charge in [-0.3, -0.25) is 14.4 Å². The van der Waals surface area contributed by atoms with Crippen LogP contribution in [-0.4, -0.2) is 37.2 Å². The molecule has 0 rings (SSSR count). The van der Waals surface area contributed by atoms with Crippen LogP contribution in [0.15, 0.2) is 0 Å². The summed E-state index contributed by atoms with van der Waals surface area (Å²) >= 11 is 0. The summed E-state index contributed by atoms with van der Waals surface area (Å²) < 4.78 is 16.8. The van der Waals surface area contributed by atoms with E-state index in [0.717, 1.165) is 69.6 Å². The third-order valence-corrected chi connectivity index (χ3v) is 12.8. The van der Waals surface area contributed by atoms with Gasteiger partial charge < -0.3 is 14.2 Å². The number of carbonyl (C=O) groups excluding carboxylic acids is 3. The fourth-order valence-corrected chi connectivity index (χ4v) is 8.31. The molecule has 362 valence electrons. The Labute approximate surface area is 380 Å². The molecule has 0 radical (unpaired) electrons. The van der Waals surface area contributed by atoms with E-state index in [9.17, 15) is 14.4 Å². The first-order valence-electron chi connectivity index (χ1n) is 27.3. The van der Waals surface area contributed by atoms with Crippen LogP contribution in [0.2, 0.25) is 0 Å². The molecule has 2 atom stereocenters. The van der Waals surface area contributed by atoms with Crippen LogP contribution >= 0.6 is 0 Å². The SMILES string of the molecule is CCCCCCCCCCCCCCCCC(=O)OC[C@@H](COC(=O)CCCCCCCCCCC(C)C)OC(=O)CCCCCCCCCCCCCCCCC(C)CC. The number of carbonyl (C=O) groups is 3. The van der Waals surface area contributed by atoms with Crippen LogP contribution in [0.1, 0.15) is 304 Å². The van der Waals surface area contributed by atoms with Gasteiger partial charge in [0.15, 0.2) is 6.10 Å². The van der Waals surface area contributed by atoms with Gasteiger partial charge in [-0.25, -0.2) is 0 Å². The van der Waals surface area contributed by atoms with Crippen LogP contribution in [0, 0.1) is 11.8 Å². The highest BCUT2D eigenvalue weighted by atomic mass is 16.6. The second-order valence-corrected chi connectivity index (χ2v) is 19.6. The highest BCUT2D eigenvalue weighted by molar-refractivity contribution is 5.71. The van der Waals surface area contributed by atoms with E-state index < -0.39 is 6.10 Å². The predicted molar refractivity (Wildman–Crippen MR) is 261 cm³/mol. The summed E-state index contributed by atoms with van der Waals surface area (Å²) in [5.41, 5.74) is 0. The molecule has 1 unspecified atom stereocenters. The number of rotatable bonds is 49.